The van der Waals surface area contributed by atoms with E-state index in [1.54, 1.807) is 7.05 Å². The third-order valence-electron chi connectivity index (χ3n) is 0.826. The Balaban J connectivity index is 0. The Morgan fingerprint density at radius 2 is 2.09 bits per heavy atom. The van der Waals surface area contributed by atoms with E-state index < -0.39 is 5.97 Å². The van der Waals surface area contributed by atoms with Crippen LogP contribution in [0, 0.1) is 0 Å². The summed E-state index contributed by atoms with van der Waals surface area (Å²) in [5.74, 6) is -0.711. The largest absolute Gasteiger partial charge is 0.481 e. The van der Waals surface area contributed by atoms with E-state index >= 15 is 0 Å². The number of rotatable bonds is 4. The summed E-state index contributed by atoms with van der Waals surface area (Å²) in [6, 6.07) is 0. The normalized spacial score (nSPS) is 8.27. The van der Waals surface area contributed by atoms with Crippen LogP contribution in [0.25, 0.3) is 0 Å². The number of nitrogens with one attached hydrogen (secondary N) is 1. The minimum absolute atomic E-state index is 0.233. The minimum Gasteiger partial charge on any atom is -0.481 e. The van der Waals surface area contributed by atoms with Gasteiger partial charge in [-0.05, 0) is 13.5 Å². The number of aliphatic hydroxyl groups excluding tert-OH is 1. The third-order valence-corrected chi connectivity index (χ3v) is 0.826. The standard InChI is InChI=1S/C4H8O2.C3H9NO/c1-2-3-4(5)6;1-4-2-3-5/h2-3H2,1H3,(H,5,6);4-5H,2-3H2,1H3. The van der Waals surface area contributed by atoms with Crippen LogP contribution in [0.4, 0.5) is 0 Å². The van der Waals surface area contributed by atoms with Crippen LogP contribution in [0.1, 0.15) is 19.8 Å². The number of carboxylic acid groups (broad SMARTS) is 1. The molecule has 0 unspecified atom stereocenters. The Labute approximate surface area is 67.2 Å². The molecule has 0 aliphatic heterocycles. The Morgan fingerprint density at radius 1 is 1.55 bits per heavy atom. The highest BCUT2D eigenvalue weighted by molar-refractivity contribution is 5.66. The molecule has 0 aromatic carbocycles. The van der Waals surface area contributed by atoms with Crippen molar-refractivity contribution < 1.29 is 15.0 Å². The molecular formula is C7H17NO3. The maximum Gasteiger partial charge on any atom is 0.303 e. The van der Waals surface area contributed by atoms with Crippen molar-refractivity contribution in [2.45, 2.75) is 19.8 Å². The minimum atomic E-state index is -0.711. The molecule has 0 aromatic heterocycles. The van der Waals surface area contributed by atoms with Gasteiger partial charge in [0.25, 0.3) is 0 Å². The molecule has 11 heavy (non-hydrogen) atoms. The number of aliphatic hydroxyl groups is 1. The Kier molecular flexibility index (Phi) is 14.3. The highest BCUT2D eigenvalue weighted by Crippen LogP contribution is 1.82. The van der Waals surface area contributed by atoms with E-state index in [4.69, 9.17) is 10.2 Å². The van der Waals surface area contributed by atoms with Crippen LogP contribution < -0.4 is 5.32 Å². The average molecular weight is 163 g/mol. The van der Waals surface area contributed by atoms with Crippen LogP contribution in [-0.2, 0) is 4.79 Å². The molecule has 0 saturated carbocycles. The summed E-state index contributed by atoms with van der Waals surface area (Å²) in [6.07, 6.45) is 1.02. The van der Waals surface area contributed by atoms with Crippen molar-refractivity contribution in [3.05, 3.63) is 0 Å². The first-order valence-corrected chi connectivity index (χ1v) is 3.66. The van der Waals surface area contributed by atoms with Crippen LogP contribution in [0.3, 0.4) is 0 Å². The fourth-order valence-corrected chi connectivity index (χ4v) is 0.326. The van der Waals surface area contributed by atoms with Crippen LogP contribution in [0.5, 0.6) is 0 Å². The fraction of sp³-hybridized carbons (Fsp3) is 0.857. The summed E-state index contributed by atoms with van der Waals surface area (Å²) in [6.45, 7) is 2.77. The lowest BCUT2D eigenvalue weighted by Gasteiger charge is -1.84. The Morgan fingerprint density at radius 3 is 2.09 bits per heavy atom. The topological polar surface area (TPSA) is 69.6 Å². The molecule has 4 nitrogen and oxygen atoms in total. The fourth-order valence-electron chi connectivity index (χ4n) is 0.326. The van der Waals surface area contributed by atoms with E-state index in [0.717, 1.165) is 6.42 Å². The lowest BCUT2D eigenvalue weighted by molar-refractivity contribution is -0.137. The summed E-state index contributed by atoms with van der Waals surface area (Å²) in [4.78, 5) is 9.60. The predicted molar refractivity (Wildman–Crippen MR) is 43.6 cm³/mol. The van der Waals surface area contributed by atoms with E-state index in [2.05, 4.69) is 5.32 Å². The van der Waals surface area contributed by atoms with Gasteiger partial charge in [-0.2, -0.15) is 0 Å². The third kappa shape index (κ3) is 26.6. The lowest BCUT2D eigenvalue weighted by Crippen LogP contribution is -2.10. The molecule has 4 heteroatoms. The van der Waals surface area contributed by atoms with E-state index in [0.29, 0.717) is 13.0 Å². The second-order valence-corrected chi connectivity index (χ2v) is 1.97. The van der Waals surface area contributed by atoms with Gasteiger partial charge in [0.2, 0.25) is 0 Å². The summed E-state index contributed by atoms with van der Waals surface area (Å²) in [5.41, 5.74) is 0. The van der Waals surface area contributed by atoms with Crippen molar-refractivity contribution in [1.82, 2.24) is 5.32 Å². The number of aliphatic carboxylic acids is 1. The second kappa shape index (κ2) is 12.1. The van der Waals surface area contributed by atoms with Crippen molar-refractivity contribution in [3.8, 4) is 0 Å². The van der Waals surface area contributed by atoms with Gasteiger partial charge in [-0.1, -0.05) is 6.92 Å². The van der Waals surface area contributed by atoms with Crippen molar-refractivity contribution >= 4 is 5.97 Å². The zero-order valence-corrected chi connectivity index (χ0v) is 7.13. The van der Waals surface area contributed by atoms with Crippen molar-refractivity contribution in [2.75, 3.05) is 20.2 Å². The molecule has 0 aromatic rings. The number of likely N-dealkylation sites (N-methyl/N-ethyl adjacent to an activating group) is 1. The second-order valence-electron chi connectivity index (χ2n) is 1.97. The zero-order valence-electron chi connectivity index (χ0n) is 7.13. The van der Waals surface area contributed by atoms with Gasteiger partial charge >= 0.3 is 5.97 Å². The molecule has 0 spiro atoms. The first-order chi connectivity index (χ1) is 5.18. The van der Waals surface area contributed by atoms with Gasteiger partial charge < -0.3 is 15.5 Å². The quantitative estimate of drug-likeness (QED) is 0.548. The van der Waals surface area contributed by atoms with Crippen LogP contribution in [0.15, 0.2) is 0 Å². The van der Waals surface area contributed by atoms with E-state index in [1.165, 1.54) is 0 Å². The van der Waals surface area contributed by atoms with Gasteiger partial charge in [0.05, 0.1) is 6.61 Å². The zero-order chi connectivity index (χ0) is 9.11. The van der Waals surface area contributed by atoms with Crippen molar-refractivity contribution in [1.29, 1.82) is 0 Å². The smallest absolute Gasteiger partial charge is 0.303 e. The summed E-state index contributed by atoms with van der Waals surface area (Å²) < 4.78 is 0. The molecule has 0 atom stereocenters. The van der Waals surface area contributed by atoms with Crippen LogP contribution in [-0.4, -0.2) is 36.4 Å². The summed E-state index contributed by atoms with van der Waals surface area (Å²) in [7, 11) is 1.80. The lowest BCUT2D eigenvalue weighted by atomic mass is 10.4. The monoisotopic (exact) mass is 163 g/mol. The highest BCUT2D eigenvalue weighted by Gasteiger charge is 1.87. The van der Waals surface area contributed by atoms with Crippen LogP contribution in [0.2, 0.25) is 0 Å². The molecule has 0 fully saturated rings. The highest BCUT2D eigenvalue weighted by atomic mass is 16.4. The molecule has 0 bridgehead atoms. The molecule has 0 amide bonds. The predicted octanol–water partition coefficient (Wildman–Crippen LogP) is 0.0692. The van der Waals surface area contributed by atoms with Crippen molar-refractivity contribution in [3.63, 3.8) is 0 Å². The molecule has 3 N–H and O–H groups in total. The van der Waals surface area contributed by atoms with Gasteiger partial charge in [-0.15, -0.1) is 0 Å². The van der Waals surface area contributed by atoms with E-state index in [-0.39, 0.29) is 6.61 Å². The number of hydrogen-bond acceptors (Lipinski definition) is 3. The van der Waals surface area contributed by atoms with E-state index in [9.17, 15) is 4.79 Å². The number of carboxylic acids is 1. The molecular weight excluding hydrogens is 146 g/mol. The molecule has 68 valence electrons. The Hall–Kier alpha value is -0.610. The molecule has 0 aliphatic carbocycles. The summed E-state index contributed by atoms with van der Waals surface area (Å²) >= 11 is 0. The number of carbonyl (C=O) groups is 1. The van der Waals surface area contributed by atoms with Crippen LogP contribution >= 0.6 is 0 Å². The molecule has 0 heterocycles. The van der Waals surface area contributed by atoms with Gasteiger partial charge in [0.15, 0.2) is 0 Å². The van der Waals surface area contributed by atoms with Gasteiger partial charge in [0, 0.05) is 13.0 Å². The first kappa shape index (κ1) is 13.0. The molecule has 0 saturated heterocycles. The summed E-state index contributed by atoms with van der Waals surface area (Å²) in [5, 5.41) is 18.7. The molecule has 0 aliphatic rings. The first-order valence-electron chi connectivity index (χ1n) is 3.66. The molecule has 0 radical (unpaired) electrons. The average Bonchev–Trinajstić information content (AvgIpc) is 1.90. The maximum atomic E-state index is 9.60. The Bertz CT molecular complexity index is 83.8. The van der Waals surface area contributed by atoms with Gasteiger partial charge in [-0.25, -0.2) is 0 Å². The van der Waals surface area contributed by atoms with E-state index in [1.807, 2.05) is 6.92 Å². The number of hydrogen-bond donors (Lipinski definition) is 3. The van der Waals surface area contributed by atoms with Crippen molar-refractivity contribution in [2.24, 2.45) is 0 Å². The molecule has 0 rings (SSSR count). The van der Waals surface area contributed by atoms with Gasteiger partial charge in [-0.3, -0.25) is 4.79 Å². The SMILES string of the molecule is CCCC(=O)O.CNCCO. The van der Waals surface area contributed by atoms with Gasteiger partial charge in [0.1, 0.15) is 0 Å². The maximum absolute atomic E-state index is 9.60.